The van der Waals surface area contributed by atoms with Crippen molar-refractivity contribution in [2.75, 3.05) is 0 Å². The topological polar surface area (TPSA) is 64.3 Å². The summed E-state index contributed by atoms with van der Waals surface area (Å²) < 4.78 is 0. The zero-order chi connectivity index (χ0) is 7.56. The molecule has 0 unspecified atom stereocenters. The second-order valence-electron chi connectivity index (χ2n) is 1.85. The van der Waals surface area contributed by atoms with Gasteiger partial charge < -0.3 is 15.6 Å². The van der Waals surface area contributed by atoms with E-state index in [2.05, 4.69) is 0 Å². The molecule has 10 heavy (non-hydrogen) atoms. The molecule has 1 aromatic rings. The lowest BCUT2D eigenvalue weighted by atomic mass is 10.2. The van der Waals surface area contributed by atoms with Crippen molar-refractivity contribution in [1.29, 1.82) is 5.41 Å². The van der Waals surface area contributed by atoms with E-state index in [9.17, 15) is 0 Å². The van der Waals surface area contributed by atoms with Crippen LogP contribution in [-0.2, 0) is 0 Å². The van der Waals surface area contributed by atoms with Crippen LogP contribution in [0.1, 0.15) is 5.56 Å². The highest BCUT2D eigenvalue weighted by atomic mass is 16.3. The van der Waals surface area contributed by atoms with Crippen LogP contribution >= 0.6 is 0 Å². The largest absolute Gasteiger partial charge is 0.507 e. The van der Waals surface area contributed by atoms with Gasteiger partial charge in [-0.05, 0) is 12.1 Å². The molecule has 0 fully saturated rings. The normalized spacial score (nSPS) is 9.20. The van der Waals surface area contributed by atoms with Gasteiger partial charge in [0.2, 0.25) is 0 Å². The Morgan fingerprint density at radius 2 is 1.70 bits per heavy atom. The molecular formula is C7H7NO2. The predicted molar refractivity (Wildman–Crippen MR) is 37.7 cm³/mol. The summed E-state index contributed by atoms with van der Waals surface area (Å²) >= 11 is 0. The third-order valence-corrected chi connectivity index (χ3v) is 1.20. The quantitative estimate of drug-likeness (QED) is 0.507. The molecule has 3 nitrogen and oxygen atoms in total. The van der Waals surface area contributed by atoms with Crippen LogP contribution in [0.5, 0.6) is 11.5 Å². The van der Waals surface area contributed by atoms with Crippen molar-refractivity contribution >= 4 is 6.21 Å². The van der Waals surface area contributed by atoms with E-state index >= 15 is 0 Å². The fourth-order valence-corrected chi connectivity index (χ4v) is 0.689. The average Bonchev–Trinajstić information content (AvgIpc) is 1.88. The summed E-state index contributed by atoms with van der Waals surface area (Å²) in [6, 6.07) is 4.35. The van der Waals surface area contributed by atoms with Gasteiger partial charge in [0, 0.05) is 6.21 Å². The van der Waals surface area contributed by atoms with E-state index < -0.39 is 0 Å². The first-order valence-electron chi connectivity index (χ1n) is 2.77. The van der Waals surface area contributed by atoms with E-state index in [0.717, 1.165) is 6.21 Å². The van der Waals surface area contributed by atoms with Crippen molar-refractivity contribution < 1.29 is 10.2 Å². The Morgan fingerprint density at radius 1 is 1.20 bits per heavy atom. The number of nitrogens with one attached hydrogen (secondary N) is 1. The molecule has 0 atom stereocenters. The number of aromatic hydroxyl groups is 2. The first-order valence-corrected chi connectivity index (χ1v) is 2.77. The summed E-state index contributed by atoms with van der Waals surface area (Å²) in [5, 5.41) is 24.7. The highest BCUT2D eigenvalue weighted by Gasteiger charge is 2.00. The summed E-state index contributed by atoms with van der Waals surface area (Å²) in [7, 11) is 0. The Balaban J connectivity index is 3.30. The van der Waals surface area contributed by atoms with Gasteiger partial charge in [0.25, 0.3) is 0 Å². The number of hydrogen-bond donors (Lipinski definition) is 3. The third-order valence-electron chi connectivity index (χ3n) is 1.20. The van der Waals surface area contributed by atoms with Gasteiger partial charge >= 0.3 is 0 Å². The van der Waals surface area contributed by atoms with Crippen LogP contribution in [0.25, 0.3) is 0 Å². The van der Waals surface area contributed by atoms with Gasteiger partial charge in [0.15, 0.2) is 0 Å². The highest BCUT2D eigenvalue weighted by Crippen LogP contribution is 2.23. The summed E-state index contributed by atoms with van der Waals surface area (Å²) in [6.07, 6.45) is 0.907. The Morgan fingerprint density at radius 3 is 2.00 bits per heavy atom. The van der Waals surface area contributed by atoms with Gasteiger partial charge in [-0.25, -0.2) is 0 Å². The maximum Gasteiger partial charge on any atom is 0.128 e. The van der Waals surface area contributed by atoms with Crippen LogP contribution in [0.3, 0.4) is 0 Å². The van der Waals surface area contributed by atoms with Crippen LogP contribution in [0.4, 0.5) is 0 Å². The number of phenolic OH excluding ortho intramolecular Hbond substituents is 2. The maximum absolute atomic E-state index is 8.98. The Kier molecular flexibility index (Phi) is 1.58. The zero-order valence-corrected chi connectivity index (χ0v) is 5.20. The number of phenols is 2. The standard InChI is InChI=1S/C7H7NO2/c8-4-5-6(9)2-1-3-7(5)10/h1-4,8-10H. The summed E-state index contributed by atoms with van der Waals surface area (Å²) in [4.78, 5) is 0. The van der Waals surface area contributed by atoms with E-state index in [4.69, 9.17) is 15.6 Å². The Labute approximate surface area is 58.1 Å². The van der Waals surface area contributed by atoms with Gasteiger partial charge in [0.05, 0.1) is 5.56 Å². The van der Waals surface area contributed by atoms with E-state index in [1.807, 2.05) is 0 Å². The van der Waals surface area contributed by atoms with Crippen LogP contribution in [0.15, 0.2) is 18.2 Å². The molecule has 0 aliphatic rings. The van der Waals surface area contributed by atoms with Crippen LogP contribution in [0.2, 0.25) is 0 Å². The Hall–Kier alpha value is -1.51. The van der Waals surface area contributed by atoms with Gasteiger partial charge in [-0.15, -0.1) is 0 Å². The lowest BCUT2D eigenvalue weighted by Crippen LogP contribution is -1.80. The van der Waals surface area contributed by atoms with Gasteiger partial charge in [-0.3, -0.25) is 0 Å². The smallest absolute Gasteiger partial charge is 0.128 e. The van der Waals surface area contributed by atoms with E-state index in [-0.39, 0.29) is 17.1 Å². The zero-order valence-electron chi connectivity index (χ0n) is 5.20. The minimum absolute atomic E-state index is 0.0741. The maximum atomic E-state index is 8.98. The van der Waals surface area contributed by atoms with Crippen molar-refractivity contribution in [1.82, 2.24) is 0 Å². The van der Waals surface area contributed by atoms with Crippen molar-refractivity contribution in [3.05, 3.63) is 23.8 Å². The first kappa shape index (κ1) is 6.61. The monoisotopic (exact) mass is 137 g/mol. The van der Waals surface area contributed by atoms with Crippen LogP contribution in [-0.4, -0.2) is 16.4 Å². The molecule has 3 N–H and O–H groups in total. The number of hydrogen-bond acceptors (Lipinski definition) is 3. The van der Waals surface area contributed by atoms with Crippen LogP contribution in [0, 0.1) is 5.41 Å². The Bertz CT molecular complexity index is 238. The fourth-order valence-electron chi connectivity index (χ4n) is 0.689. The molecule has 0 aliphatic carbocycles. The first-order chi connectivity index (χ1) is 4.75. The van der Waals surface area contributed by atoms with Gasteiger partial charge in [-0.1, -0.05) is 6.07 Å². The molecule has 0 aliphatic heterocycles. The van der Waals surface area contributed by atoms with E-state index in [1.165, 1.54) is 18.2 Å². The molecule has 0 spiro atoms. The van der Waals surface area contributed by atoms with Crippen molar-refractivity contribution in [3.63, 3.8) is 0 Å². The number of benzene rings is 1. The highest BCUT2D eigenvalue weighted by molar-refractivity contribution is 5.84. The molecule has 0 aromatic heterocycles. The minimum atomic E-state index is -0.0741. The second kappa shape index (κ2) is 2.39. The molecule has 0 amide bonds. The van der Waals surface area contributed by atoms with E-state index in [0.29, 0.717) is 0 Å². The third kappa shape index (κ3) is 0.932. The molecule has 3 heteroatoms. The molecular weight excluding hydrogens is 130 g/mol. The number of rotatable bonds is 1. The SMILES string of the molecule is N=Cc1c(O)cccc1O. The van der Waals surface area contributed by atoms with Crippen molar-refractivity contribution in [3.8, 4) is 11.5 Å². The molecule has 0 bridgehead atoms. The predicted octanol–water partition coefficient (Wildman–Crippen LogP) is 1.10. The molecule has 0 radical (unpaired) electrons. The lowest BCUT2D eigenvalue weighted by Gasteiger charge is -1.98. The molecule has 52 valence electrons. The van der Waals surface area contributed by atoms with E-state index in [1.54, 1.807) is 0 Å². The summed E-state index contributed by atoms with van der Waals surface area (Å²) in [5.41, 5.74) is 0.155. The second-order valence-corrected chi connectivity index (χ2v) is 1.85. The summed E-state index contributed by atoms with van der Waals surface area (Å²) in [6.45, 7) is 0. The van der Waals surface area contributed by atoms with Crippen molar-refractivity contribution in [2.45, 2.75) is 0 Å². The minimum Gasteiger partial charge on any atom is -0.507 e. The van der Waals surface area contributed by atoms with Crippen LogP contribution < -0.4 is 0 Å². The molecule has 0 saturated carbocycles. The van der Waals surface area contributed by atoms with Gasteiger partial charge in [0.1, 0.15) is 11.5 Å². The lowest BCUT2D eigenvalue weighted by molar-refractivity contribution is 0.449. The molecule has 0 heterocycles. The molecule has 0 saturated heterocycles. The summed E-state index contributed by atoms with van der Waals surface area (Å²) in [5.74, 6) is -0.148. The van der Waals surface area contributed by atoms with Gasteiger partial charge in [-0.2, -0.15) is 0 Å². The van der Waals surface area contributed by atoms with Crippen molar-refractivity contribution in [2.24, 2.45) is 0 Å². The average molecular weight is 137 g/mol. The fraction of sp³-hybridized carbons (Fsp3) is 0. The molecule has 1 aromatic carbocycles. The molecule has 1 rings (SSSR count).